The molecule has 0 saturated carbocycles. The molecular formula is C12H12Cl2FNO3S. The van der Waals surface area contributed by atoms with Crippen LogP contribution in [0.25, 0.3) is 0 Å². The molecule has 1 unspecified atom stereocenters. The molecule has 0 N–H and O–H groups in total. The minimum Gasteiger partial charge on any atom is -0.336 e. The number of hydrogen-bond donors (Lipinski definition) is 0. The first kappa shape index (κ1) is 15.5. The summed E-state index contributed by atoms with van der Waals surface area (Å²) in [5.74, 6) is -1.49. The Morgan fingerprint density at radius 3 is 2.60 bits per heavy atom. The summed E-state index contributed by atoms with van der Waals surface area (Å²) >= 11 is 5.85. The van der Waals surface area contributed by atoms with Gasteiger partial charge in [0.05, 0.1) is 10.6 Å². The Balaban J connectivity index is 2.49. The second-order valence-corrected chi connectivity index (χ2v) is 7.63. The van der Waals surface area contributed by atoms with E-state index in [1.165, 1.54) is 0 Å². The normalized spacial score (nSPS) is 19.4. The quantitative estimate of drug-likeness (QED) is 0.778. The lowest BCUT2D eigenvalue weighted by molar-refractivity contribution is 0.0747. The molecule has 0 aromatic heterocycles. The number of nitrogens with zero attached hydrogens (tertiary/aromatic N) is 1. The van der Waals surface area contributed by atoms with Crippen molar-refractivity contribution in [2.24, 2.45) is 0 Å². The van der Waals surface area contributed by atoms with E-state index in [1.54, 1.807) is 4.90 Å². The number of benzene rings is 1. The van der Waals surface area contributed by atoms with Gasteiger partial charge in [-0.2, -0.15) is 0 Å². The highest BCUT2D eigenvalue weighted by atomic mass is 35.7. The van der Waals surface area contributed by atoms with Crippen LogP contribution >= 0.6 is 22.3 Å². The third-order valence-corrected chi connectivity index (χ3v) is 4.98. The van der Waals surface area contributed by atoms with E-state index in [2.05, 4.69) is 0 Å². The van der Waals surface area contributed by atoms with Gasteiger partial charge in [-0.25, -0.2) is 12.8 Å². The van der Waals surface area contributed by atoms with Crippen LogP contribution in [0.4, 0.5) is 4.39 Å². The Hall–Kier alpha value is -0.850. The van der Waals surface area contributed by atoms with Crippen molar-refractivity contribution in [2.75, 3.05) is 6.54 Å². The SMILES string of the molecule is CC1CCCN1C(=O)c1cc(S(=O)(=O)Cl)c(F)cc1Cl. The lowest BCUT2D eigenvalue weighted by Gasteiger charge is -2.22. The Morgan fingerprint density at radius 1 is 1.45 bits per heavy atom. The summed E-state index contributed by atoms with van der Waals surface area (Å²) in [4.78, 5) is 13.2. The Bertz CT molecular complexity index is 663. The number of rotatable bonds is 2. The number of halogens is 3. The maximum atomic E-state index is 13.6. The Morgan fingerprint density at radius 2 is 2.10 bits per heavy atom. The Labute approximate surface area is 125 Å². The molecule has 0 spiro atoms. The molecule has 0 radical (unpaired) electrons. The molecule has 8 heteroatoms. The zero-order chi connectivity index (χ0) is 15.1. The number of carbonyl (C=O) groups excluding carboxylic acids is 1. The van der Waals surface area contributed by atoms with Crippen LogP contribution in [0.15, 0.2) is 17.0 Å². The molecule has 1 atom stereocenters. The van der Waals surface area contributed by atoms with Gasteiger partial charge in [0.15, 0.2) is 0 Å². The monoisotopic (exact) mass is 339 g/mol. The standard InChI is InChI=1S/C12H12Cl2FNO3S/c1-7-3-2-4-16(7)12(17)8-5-11(20(14,18)19)10(15)6-9(8)13/h5-7H,2-4H2,1H3. The lowest BCUT2D eigenvalue weighted by atomic mass is 10.1. The molecule has 1 amide bonds. The number of likely N-dealkylation sites (tertiary alicyclic amines) is 1. The van der Waals surface area contributed by atoms with E-state index in [-0.39, 0.29) is 16.6 Å². The molecule has 1 aliphatic rings. The predicted molar refractivity (Wildman–Crippen MR) is 74.2 cm³/mol. The first-order valence-corrected chi connectivity index (χ1v) is 8.65. The lowest BCUT2D eigenvalue weighted by Crippen LogP contribution is -2.33. The summed E-state index contributed by atoms with van der Waals surface area (Å²) in [6, 6.07) is 1.73. The second-order valence-electron chi connectivity index (χ2n) is 4.69. The number of amides is 1. The minimum atomic E-state index is -4.28. The van der Waals surface area contributed by atoms with Gasteiger partial charge in [0.25, 0.3) is 15.0 Å². The molecule has 1 heterocycles. The van der Waals surface area contributed by atoms with E-state index in [0.29, 0.717) is 6.54 Å². The van der Waals surface area contributed by atoms with E-state index < -0.39 is 25.7 Å². The summed E-state index contributed by atoms with van der Waals surface area (Å²) in [6.45, 7) is 2.46. The van der Waals surface area contributed by atoms with Gasteiger partial charge in [-0.3, -0.25) is 4.79 Å². The van der Waals surface area contributed by atoms with Gasteiger partial charge in [-0.15, -0.1) is 0 Å². The molecule has 0 bridgehead atoms. The van der Waals surface area contributed by atoms with Crippen molar-refractivity contribution in [3.63, 3.8) is 0 Å². The van der Waals surface area contributed by atoms with Gasteiger partial charge in [-0.1, -0.05) is 11.6 Å². The number of carbonyl (C=O) groups is 1. The van der Waals surface area contributed by atoms with Crippen LogP contribution in [0.2, 0.25) is 5.02 Å². The third kappa shape index (κ3) is 2.92. The van der Waals surface area contributed by atoms with Crippen LogP contribution in [-0.4, -0.2) is 31.8 Å². The molecule has 1 aromatic carbocycles. The van der Waals surface area contributed by atoms with E-state index >= 15 is 0 Å². The van der Waals surface area contributed by atoms with E-state index in [4.69, 9.17) is 22.3 Å². The molecule has 1 saturated heterocycles. The summed E-state index contributed by atoms with van der Waals surface area (Å²) in [5.41, 5.74) is -0.0546. The van der Waals surface area contributed by atoms with Gasteiger partial charge < -0.3 is 4.90 Å². The van der Waals surface area contributed by atoms with Gasteiger partial charge in [-0.05, 0) is 31.9 Å². The summed E-state index contributed by atoms with van der Waals surface area (Å²) < 4.78 is 36.1. The number of hydrogen-bond acceptors (Lipinski definition) is 3. The molecule has 110 valence electrons. The first-order valence-electron chi connectivity index (χ1n) is 5.96. The van der Waals surface area contributed by atoms with Crippen LogP contribution in [0.3, 0.4) is 0 Å². The first-order chi connectivity index (χ1) is 9.21. The van der Waals surface area contributed by atoms with E-state index in [0.717, 1.165) is 25.0 Å². The highest BCUT2D eigenvalue weighted by Gasteiger charge is 2.29. The smallest absolute Gasteiger partial charge is 0.264 e. The predicted octanol–water partition coefficient (Wildman–Crippen LogP) is 3.03. The van der Waals surface area contributed by atoms with Crippen LogP contribution in [0, 0.1) is 5.82 Å². The maximum Gasteiger partial charge on any atom is 0.264 e. The van der Waals surface area contributed by atoms with E-state index in [1.807, 2.05) is 6.92 Å². The highest BCUT2D eigenvalue weighted by Crippen LogP contribution is 2.29. The van der Waals surface area contributed by atoms with Crippen molar-refractivity contribution < 1.29 is 17.6 Å². The highest BCUT2D eigenvalue weighted by molar-refractivity contribution is 8.13. The van der Waals surface area contributed by atoms with Crippen molar-refractivity contribution in [3.05, 3.63) is 28.5 Å². The average molecular weight is 340 g/mol. The fraction of sp³-hybridized carbons (Fsp3) is 0.417. The average Bonchev–Trinajstić information content (AvgIpc) is 2.73. The second kappa shape index (κ2) is 5.50. The molecule has 1 aromatic rings. The zero-order valence-electron chi connectivity index (χ0n) is 10.6. The van der Waals surface area contributed by atoms with Crippen LogP contribution < -0.4 is 0 Å². The summed E-state index contributed by atoms with van der Waals surface area (Å²) in [5, 5.41) is -0.129. The largest absolute Gasteiger partial charge is 0.336 e. The third-order valence-electron chi connectivity index (χ3n) is 3.33. The summed E-state index contributed by atoms with van der Waals surface area (Å²) in [7, 11) is 0.870. The van der Waals surface area contributed by atoms with Gasteiger partial charge >= 0.3 is 0 Å². The maximum absolute atomic E-state index is 13.6. The molecular weight excluding hydrogens is 328 g/mol. The zero-order valence-corrected chi connectivity index (χ0v) is 12.9. The van der Waals surface area contributed by atoms with Crippen molar-refractivity contribution >= 4 is 37.2 Å². The molecule has 1 fully saturated rings. The van der Waals surface area contributed by atoms with E-state index in [9.17, 15) is 17.6 Å². The van der Waals surface area contributed by atoms with Crippen LogP contribution in [0.5, 0.6) is 0 Å². The topological polar surface area (TPSA) is 54.5 Å². The fourth-order valence-electron chi connectivity index (χ4n) is 2.27. The van der Waals surface area contributed by atoms with Crippen molar-refractivity contribution in [2.45, 2.75) is 30.7 Å². The minimum absolute atomic E-state index is 0.0414. The summed E-state index contributed by atoms with van der Waals surface area (Å²) in [6.07, 6.45) is 1.73. The molecule has 1 aliphatic heterocycles. The van der Waals surface area contributed by atoms with Crippen LogP contribution in [0.1, 0.15) is 30.1 Å². The van der Waals surface area contributed by atoms with Gasteiger partial charge in [0.2, 0.25) is 0 Å². The molecule has 2 rings (SSSR count). The van der Waals surface area contributed by atoms with Crippen molar-refractivity contribution in [3.8, 4) is 0 Å². The Kier molecular flexibility index (Phi) is 4.27. The van der Waals surface area contributed by atoms with Gasteiger partial charge in [0, 0.05) is 23.3 Å². The fourth-order valence-corrected chi connectivity index (χ4v) is 3.41. The van der Waals surface area contributed by atoms with Crippen LogP contribution in [-0.2, 0) is 9.05 Å². The van der Waals surface area contributed by atoms with Crippen molar-refractivity contribution in [1.29, 1.82) is 0 Å². The molecule has 4 nitrogen and oxygen atoms in total. The molecule has 0 aliphatic carbocycles. The van der Waals surface area contributed by atoms with Gasteiger partial charge in [0.1, 0.15) is 10.7 Å². The molecule has 20 heavy (non-hydrogen) atoms. The van der Waals surface area contributed by atoms with Crippen molar-refractivity contribution in [1.82, 2.24) is 4.90 Å².